The van der Waals surface area contributed by atoms with E-state index >= 15 is 0 Å². The smallest absolute Gasteiger partial charge is 0.253 e. The fourth-order valence-corrected chi connectivity index (χ4v) is 2.98. The second kappa shape index (κ2) is 6.42. The van der Waals surface area contributed by atoms with Crippen molar-refractivity contribution >= 4 is 5.91 Å². The molecule has 2 aromatic rings. The molecule has 6 nitrogen and oxygen atoms in total. The predicted molar refractivity (Wildman–Crippen MR) is 85.4 cm³/mol. The highest BCUT2D eigenvalue weighted by Crippen LogP contribution is 2.23. The number of amides is 1. The number of methoxy groups -OCH3 is 1. The second-order valence-electron chi connectivity index (χ2n) is 6.01. The van der Waals surface area contributed by atoms with Gasteiger partial charge in [-0.1, -0.05) is 0 Å². The van der Waals surface area contributed by atoms with Crippen LogP contribution in [-0.4, -0.2) is 52.4 Å². The van der Waals surface area contributed by atoms with Gasteiger partial charge < -0.3 is 14.7 Å². The number of aliphatic hydroxyl groups excluding tert-OH is 1. The Labute approximate surface area is 135 Å². The van der Waals surface area contributed by atoms with E-state index in [9.17, 15) is 9.90 Å². The first-order valence-corrected chi connectivity index (χ1v) is 7.69. The number of benzene rings is 1. The van der Waals surface area contributed by atoms with Crippen molar-refractivity contribution in [3.8, 4) is 5.75 Å². The predicted octanol–water partition coefficient (Wildman–Crippen LogP) is 1.40. The van der Waals surface area contributed by atoms with E-state index in [-0.39, 0.29) is 11.8 Å². The second-order valence-corrected chi connectivity index (χ2v) is 6.01. The van der Waals surface area contributed by atoms with E-state index < -0.39 is 6.10 Å². The standard InChI is InChI=1S/C17H21N3O3/c1-11-7-14(19-18-11)8-13-9-20(10-16(13)21)17(22)12-3-5-15(23-2)6-4-12/h3-7,13,16,21H,8-10H2,1-2H3,(H,18,19). The van der Waals surface area contributed by atoms with E-state index in [2.05, 4.69) is 10.2 Å². The van der Waals surface area contributed by atoms with Crippen LogP contribution < -0.4 is 4.74 Å². The number of nitrogens with one attached hydrogen (secondary N) is 1. The topological polar surface area (TPSA) is 78.5 Å². The number of ether oxygens (including phenoxy) is 1. The summed E-state index contributed by atoms with van der Waals surface area (Å²) >= 11 is 0. The molecule has 1 amide bonds. The minimum Gasteiger partial charge on any atom is -0.497 e. The first-order chi connectivity index (χ1) is 11.1. The number of likely N-dealkylation sites (tertiary alicyclic amines) is 1. The van der Waals surface area contributed by atoms with Gasteiger partial charge in [0.2, 0.25) is 0 Å². The molecule has 1 saturated heterocycles. The number of H-pyrrole nitrogens is 1. The number of rotatable bonds is 4. The molecule has 1 fully saturated rings. The van der Waals surface area contributed by atoms with Crippen molar-refractivity contribution < 1.29 is 14.6 Å². The molecule has 1 aliphatic rings. The van der Waals surface area contributed by atoms with Gasteiger partial charge in [-0.2, -0.15) is 5.10 Å². The summed E-state index contributed by atoms with van der Waals surface area (Å²) in [7, 11) is 1.59. The molecule has 0 bridgehead atoms. The lowest BCUT2D eigenvalue weighted by atomic mass is 10.0. The van der Waals surface area contributed by atoms with Crippen molar-refractivity contribution in [2.24, 2.45) is 5.92 Å². The van der Waals surface area contributed by atoms with Gasteiger partial charge in [0.25, 0.3) is 5.91 Å². The number of aryl methyl sites for hydroxylation is 1. The molecule has 6 heteroatoms. The number of hydrogen-bond acceptors (Lipinski definition) is 4. The van der Waals surface area contributed by atoms with Crippen LogP contribution in [0.15, 0.2) is 30.3 Å². The lowest BCUT2D eigenvalue weighted by molar-refractivity contribution is 0.0764. The van der Waals surface area contributed by atoms with Crippen molar-refractivity contribution in [3.63, 3.8) is 0 Å². The van der Waals surface area contributed by atoms with Gasteiger partial charge in [0.1, 0.15) is 5.75 Å². The van der Waals surface area contributed by atoms with Crippen molar-refractivity contribution in [1.29, 1.82) is 0 Å². The van der Waals surface area contributed by atoms with Gasteiger partial charge in [-0.15, -0.1) is 0 Å². The monoisotopic (exact) mass is 315 g/mol. The van der Waals surface area contributed by atoms with E-state index in [4.69, 9.17) is 4.74 Å². The van der Waals surface area contributed by atoms with Crippen LogP contribution in [0.2, 0.25) is 0 Å². The highest BCUT2D eigenvalue weighted by molar-refractivity contribution is 5.94. The number of carbonyl (C=O) groups is 1. The Morgan fingerprint density at radius 2 is 2.13 bits per heavy atom. The largest absolute Gasteiger partial charge is 0.497 e. The van der Waals surface area contributed by atoms with Gasteiger partial charge in [0.15, 0.2) is 0 Å². The highest BCUT2D eigenvalue weighted by atomic mass is 16.5. The minimum absolute atomic E-state index is 0.0138. The van der Waals surface area contributed by atoms with Gasteiger partial charge in [-0.05, 0) is 43.7 Å². The normalized spacial score (nSPS) is 20.7. The number of nitrogens with zero attached hydrogens (tertiary/aromatic N) is 2. The summed E-state index contributed by atoms with van der Waals surface area (Å²) in [5, 5.41) is 17.4. The molecule has 1 aromatic carbocycles. The van der Waals surface area contributed by atoms with Gasteiger partial charge in [-0.3, -0.25) is 9.89 Å². The van der Waals surface area contributed by atoms with Crippen LogP contribution in [0.25, 0.3) is 0 Å². The number of β-amino-alcohol motifs (C(OH)–C–C–N with tert-alkyl or cyclic N) is 1. The molecule has 0 aliphatic carbocycles. The fourth-order valence-electron chi connectivity index (χ4n) is 2.98. The summed E-state index contributed by atoms with van der Waals surface area (Å²) in [4.78, 5) is 14.3. The molecule has 3 rings (SSSR count). The zero-order valence-electron chi connectivity index (χ0n) is 13.3. The summed E-state index contributed by atoms with van der Waals surface area (Å²) in [6, 6.07) is 9.00. The van der Waals surface area contributed by atoms with E-state index in [1.807, 2.05) is 13.0 Å². The van der Waals surface area contributed by atoms with Crippen molar-refractivity contribution in [2.75, 3.05) is 20.2 Å². The van der Waals surface area contributed by atoms with Gasteiger partial charge in [0, 0.05) is 30.3 Å². The fraction of sp³-hybridized carbons (Fsp3) is 0.412. The molecule has 122 valence electrons. The zero-order valence-corrected chi connectivity index (χ0v) is 13.3. The Hall–Kier alpha value is -2.34. The third-order valence-electron chi connectivity index (χ3n) is 4.26. The Balaban J connectivity index is 1.66. The Kier molecular flexibility index (Phi) is 4.34. The van der Waals surface area contributed by atoms with Crippen LogP contribution in [0.4, 0.5) is 0 Å². The molecule has 1 aromatic heterocycles. The molecular formula is C17H21N3O3. The van der Waals surface area contributed by atoms with Crippen molar-refractivity contribution in [2.45, 2.75) is 19.4 Å². The summed E-state index contributed by atoms with van der Waals surface area (Å²) in [6.45, 7) is 2.85. The average Bonchev–Trinajstić information content (AvgIpc) is 3.13. The Morgan fingerprint density at radius 3 is 2.74 bits per heavy atom. The third kappa shape index (κ3) is 3.37. The number of aromatic amines is 1. The van der Waals surface area contributed by atoms with Crippen molar-refractivity contribution in [3.05, 3.63) is 47.3 Å². The summed E-state index contributed by atoms with van der Waals surface area (Å²) in [5.41, 5.74) is 2.53. The SMILES string of the molecule is COc1ccc(C(=O)N2CC(O)C(Cc3cc(C)[nH]n3)C2)cc1. The maximum atomic E-state index is 12.5. The van der Waals surface area contributed by atoms with Gasteiger partial charge in [0.05, 0.1) is 18.9 Å². The summed E-state index contributed by atoms with van der Waals surface area (Å²) < 4.78 is 5.10. The maximum Gasteiger partial charge on any atom is 0.253 e. The van der Waals surface area contributed by atoms with E-state index in [0.29, 0.717) is 25.1 Å². The Bertz CT molecular complexity index is 681. The minimum atomic E-state index is -0.519. The quantitative estimate of drug-likeness (QED) is 0.894. The molecule has 2 atom stereocenters. The van der Waals surface area contributed by atoms with E-state index in [1.165, 1.54) is 0 Å². The first kappa shape index (κ1) is 15.6. The van der Waals surface area contributed by atoms with Crippen LogP contribution in [0, 0.1) is 12.8 Å². The molecule has 2 N–H and O–H groups in total. The maximum absolute atomic E-state index is 12.5. The average molecular weight is 315 g/mol. The number of hydrogen-bond donors (Lipinski definition) is 2. The molecule has 2 heterocycles. The molecular weight excluding hydrogens is 294 g/mol. The summed E-state index contributed by atoms with van der Waals surface area (Å²) in [5.74, 6) is 0.669. The van der Waals surface area contributed by atoms with Crippen LogP contribution in [0.3, 0.4) is 0 Å². The first-order valence-electron chi connectivity index (χ1n) is 7.69. The van der Waals surface area contributed by atoms with Crippen LogP contribution in [-0.2, 0) is 6.42 Å². The van der Waals surface area contributed by atoms with Crippen LogP contribution in [0.5, 0.6) is 5.75 Å². The van der Waals surface area contributed by atoms with E-state index in [0.717, 1.165) is 17.1 Å². The summed E-state index contributed by atoms with van der Waals surface area (Å²) in [6.07, 6.45) is 0.145. The van der Waals surface area contributed by atoms with E-state index in [1.54, 1.807) is 36.3 Å². The highest BCUT2D eigenvalue weighted by Gasteiger charge is 2.34. The third-order valence-corrected chi connectivity index (χ3v) is 4.26. The van der Waals surface area contributed by atoms with Crippen LogP contribution in [0.1, 0.15) is 21.7 Å². The molecule has 2 unspecified atom stereocenters. The molecule has 0 spiro atoms. The number of aliphatic hydroxyl groups is 1. The van der Waals surface area contributed by atoms with Gasteiger partial charge in [-0.25, -0.2) is 0 Å². The number of aromatic nitrogens is 2. The molecule has 0 saturated carbocycles. The zero-order chi connectivity index (χ0) is 16.4. The number of carbonyl (C=O) groups excluding carboxylic acids is 1. The molecule has 0 radical (unpaired) electrons. The molecule has 23 heavy (non-hydrogen) atoms. The lowest BCUT2D eigenvalue weighted by Crippen LogP contribution is -2.29. The van der Waals surface area contributed by atoms with Gasteiger partial charge >= 0.3 is 0 Å². The van der Waals surface area contributed by atoms with Crippen LogP contribution >= 0.6 is 0 Å². The lowest BCUT2D eigenvalue weighted by Gasteiger charge is -2.16. The Morgan fingerprint density at radius 1 is 1.39 bits per heavy atom. The van der Waals surface area contributed by atoms with Crippen molar-refractivity contribution in [1.82, 2.24) is 15.1 Å². The molecule has 1 aliphatic heterocycles.